The number of allylic oxidation sites excluding steroid dienone is 2. The van der Waals surface area contributed by atoms with Gasteiger partial charge in [0.1, 0.15) is 11.6 Å². The highest BCUT2D eigenvalue weighted by Gasteiger charge is 2.17. The quantitative estimate of drug-likeness (QED) is 0.509. The van der Waals surface area contributed by atoms with Gasteiger partial charge in [0.25, 0.3) is 5.56 Å². The third-order valence-electron chi connectivity index (χ3n) is 6.01. The average Bonchev–Trinajstić information content (AvgIpc) is 2.82. The summed E-state index contributed by atoms with van der Waals surface area (Å²) in [5, 5.41) is 4.48. The number of rotatable bonds is 7. The summed E-state index contributed by atoms with van der Waals surface area (Å²) >= 11 is 6.39. The minimum absolute atomic E-state index is 0.134. The predicted octanol–water partition coefficient (Wildman–Crippen LogP) is 5.29. The number of pyridine rings is 1. The number of ketones is 1. The molecular formula is C25H27ClN4O3. The van der Waals surface area contributed by atoms with Crippen LogP contribution >= 0.6 is 11.6 Å². The zero-order chi connectivity index (χ0) is 23.5. The van der Waals surface area contributed by atoms with Gasteiger partial charge in [0, 0.05) is 18.1 Å². The number of halogens is 1. The summed E-state index contributed by atoms with van der Waals surface area (Å²) in [6, 6.07) is 7.25. The third kappa shape index (κ3) is 5.09. The van der Waals surface area contributed by atoms with Crippen molar-refractivity contribution in [3.05, 3.63) is 57.7 Å². The Hall–Kier alpha value is -3.19. The molecule has 2 heterocycles. The van der Waals surface area contributed by atoms with Crippen molar-refractivity contribution in [2.45, 2.75) is 39.5 Å². The van der Waals surface area contributed by atoms with Crippen molar-refractivity contribution < 1.29 is 9.53 Å². The Balaban J connectivity index is 1.63. The molecular weight excluding hydrogens is 440 g/mol. The van der Waals surface area contributed by atoms with E-state index in [9.17, 15) is 9.59 Å². The van der Waals surface area contributed by atoms with Crippen molar-refractivity contribution in [1.82, 2.24) is 14.5 Å². The van der Waals surface area contributed by atoms with Crippen LogP contribution in [0.2, 0.25) is 5.02 Å². The Bertz CT molecular complexity index is 1300. The van der Waals surface area contributed by atoms with Crippen LogP contribution in [0.5, 0.6) is 5.75 Å². The maximum Gasteiger partial charge on any atom is 0.293 e. The molecule has 0 radical (unpaired) electrons. The van der Waals surface area contributed by atoms with Crippen molar-refractivity contribution in [3.63, 3.8) is 0 Å². The van der Waals surface area contributed by atoms with Gasteiger partial charge in [-0.2, -0.15) is 0 Å². The van der Waals surface area contributed by atoms with E-state index in [1.54, 1.807) is 19.3 Å². The summed E-state index contributed by atoms with van der Waals surface area (Å²) in [4.78, 5) is 32.9. The van der Waals surface area contributed by atoms with Crippen LogP contribution < -0.4 is 15.6 Å². The Morgan fingerprint density at radius 3 is 2.85 bits per heavy atom. The number of aromatic nitrogens is 3. The van der Waals surface area contributed by atoms with Gasteiger partial charge in [0.15, 0.2) is 23.2 Å². The van der Waals surface area contributed by atoms with Gasteiger partial charge in [0.05, 0.1) is 11.7 Å². The van der Waals surface area contributed by atoms with Gasteiger partial charge < -0.3 is 14.6 Å². The van der Waals surface area contributed by atoms with E-state index in [1.165, 1.54) is 17.9 Å². The van der Waals surface area contributed by atoms with E-state index in [-0.39, 0.29) is 23.7 Å². The highest BCUT2D eigenvalue weighted by atomic mass is 35.5. The van der Waals surface area contributed by atoms with Gasteiger partial charge >= 0.3 is 0 Å². The lowest BCUT2D eigenvalue weighted by Crippen LogP contribution is -2.21. The Morgan fingerprint density at radius 2 is 2.15 bits per heavy atom. The van der Waals surface area contributed by atoms with Gasteiger partial charge in [-0.05, 0) is 61.9 Å². The number of carbonyl (C=O) groups is 1. The fourth-order valence-corrected chi connectivity index (χ4v) is 4.16. The topological polar surface area (TPSA) is 86.1 Å². The zero-order valence-electron chi connectivity index (χ0n) is 19.0. The fraction of sp³-hybridized carbons (Fsp3) is 0.360. The summed E-state index contributed by atoms with van der Waals surface area (Å²) in [5.74, 6) is 1.93. The summed E-state index contributed by atoms with van der Waals surface area (Å²) in [7, 11) is 1.67. The molecule has 1 aromatic carbocycles. The molecule has 1 unspecified atom stereocenters. The molecule has 0 fully saturated rings. The lowest BCUT2D eigenvalue weighted by atomic mass is 9.88. The van der Waals surface area contributed by atoms with Crippen molar-refractivity contribution >= 4 is 45.4 Å². The van der Waals surface area contributed by atoms with E-state index in [0.717, 1.165) is 47.3 Å². The van der Waals surface area contributed by atoms with E-state index in [2.05, 4.69) is 28.3 Å². The molecule has 33 heavy (non-hydrogen) atoms. The van der Waals surface area contributed by atoms with Crippen LogP contribution in [0, 0.1) is 5.92 Å². The molecule has 1 N–H and O–H groups in total. The monoisotopic (exact) mass is 466 g/mol. The molecule has 0 bridgehead atoms. The summed E-state index contributed by atoms with van der Waals surface area (Å²) in [6.07, 6.45) is 8.22. The molecule has 0 spiro atoms. The highest BCUT2D eigenvalue weighted by molar-refractivity contribution is 6.32. The largest absolute Gasteiger partial charge is 0.480 e. The number of hydrogen-bond acceptors (Lipinski definition) is 6. The molecule has 0 amide bonds. The van der Waals surface area contributed by atoms with E-state index in [0.29, 0.717) is 16.7 Å². The second-order valence-electron chi connectivity index (χ2n) is 8.43. The van der Waals surface area contributed by atoms with Crippen molar-refractivity contribution in [2.24, 2.45) is 13.0 Å². The summed E-state index contributed by atoms with van der Waals surface area (Å²) in [6.45, 7) is 3.50. The number of aryl methyl sites for hydroxylation is 1. The predicted molar refractivity (Wildman–Crippen MR) is 131 cm³/mol. The maximum absolute atomic E-state index is 12.5. The first-order chi connectivity index (χ1) is 15.9. The van der Waals surface area contributed by atoms with Gasteiger partial charge in [-0.15, -0.1) is 0 Å². The molecule has 4 rings (SSSR count). The number of hydrogen-bond donors (Lipinski definition) is 1. The van der Waals surface area contributed by atoms with Gasteiger partial charge in [-0.1, -0.05) is 31.0 Å². The van der Waals surface area contributed by atoms with Gasteiger partial charge in [-0.3, -0.25) is 9.59 Å². The van der Waals surface area contributed by atoms with Crippen LogP contribution in [0.3, 0.4) is 0 Å². The third-order valence-corrected chi connectivity index (χ3v) is 6.29. The number of fused-ring (bicyclic) bond motifs is 1. The van der Waals surface area contributed by atoms with E-state index in [1.807, 2.05) is 18.2 Å². The summed E-state index contributed by atoms with van der Waals surface area (Å²) < 4.78 is 6.92. The average molecular weight is 467 g/mol. The maximum atomic E-state index is 12.5. The number of anilines is 2. The number of ether oxygens (including phenoxy) is 1. The second-order valence-corrected chi connectivity index (χ2v) is 8.84. The molecule has 0 aliphatic heterocycles. The van der Waals surface area contributed by atoms with Crippen LogP contribution in [0.4, 0.5) is 11.5 Å². The molecule has 1 atom stereocenters. The van der Waals surface area contributed by atoms with Crippen LogP contribution in [-0.4, -0.2) is 26.9 Å². The molecule has 3 aromatic rings. The molecule has 0 saturated heterocycles. The number of Topliss-reactive ketones (excluding diaryl/α,β-unsaturated/α-hetero) is 1. The molecule has 0 saturated carbocycles. The normalized spacial score (nSPS) is 15.9. The molecule has 1 aliphatic rings. The lowest BCUT2D eigenvalue weighted by molar-refractivity contribution is -0.118. The lowest BCUT2D eigenvalue weighted by Gasteiger charge is -2.20. The molecule has 2 aromatic heterocycles. The Kier molecular flexibility index (Phi) is 6.79. The number of benzene rings is 1. The molecule has 8 heteroatoms. The molecule has 1 aliphatic carbocycles. The number of nitrogens with one attached hydrogen (secondary N) is 1. The van der Waals surface area contributed by atoms with Crippen molar-refractivity contribution in [1.29, 1.82) is 0 Å². The minimum atomic E-state index is -0.293. The first kappa shape index (κ1) is 23.0. The van der Waals surface area contributed by atoms with Crippen molar-refractivity contribution in [2.75, 3.05) is 11.9 Å². The van der Waals surface area contributed by atoms with Gasteiger partial charge in [-0.25, -0.2) is 9.97 Å². The number of nitrogens with zero attached hydrogens (tertiary/aromatic N) is 3. The van der Waals surface area contributed by atoms with Crippen LogP contribution in [0.15, 0.2) is 41.3 Å². The molecule has 7 nitrogen and oxygen atoms in total. The Morgan fingerprint density at radius 1 is 1.33 bits per heavy atom. The standard InChI is InChI=1S/C25H27ClN4O3/c1-4-16-5-7-17(8-6-16)23-27-13-20(26)24(29-23)28-19-9-10-21-18(11-19)12-22(25(32)30(21)3)33-14-15(2)31/h7,9-13,16H,4-6,8,14H2,1-3H3,(H,27,28,29). The fourth-order valence-electron chi connectivity index (χ4n) is 4.02. The van der Waals surface area contributed by atoms with E-state index in [4.69, 9.17) is 16.3 Å². The van der Waals surface area contributed by atoms with Gasteiger partial charge in [0.2, 0.25) is 0 Å². The SMILES string of the molecule is CCC1CC=C(c2ncc(Cl)c(Nc3ccc4c(c3)cc(OCC(C)=O)c(=O)n4C)n2)CC1. The number of carbonyl (C=O) groups excluding carboxylic acids is 1. The van der Waals surface area contributed by atoms with Crippen LogP contribution in [0.1, 0.15) is 45.4 Å². The van der Waals surface area contributed by atoms with E-state index < -0.39 is 0 Å². The second kappa shape index (κ2) is 9.75. The van der Waals surface area contributed by atoms with Crippen LogP contribution in [0.25, 0.3) is 16.5 Å². The zero-order valence-corrected chi connectivity index (χ0v) is 19.8. The van der Waals surface area contributed by atoms with Crippen molar-refractivity contribution in [3.8, 4) is 5.75 Å². The molecule has 172 valence electrons. The van der Waals surface area contributed by atoms with Crippen LogP contribution in [-0.2, 0) is 11.8 Å². The first-order valence-corrected chi connectivity index (χ1v) is 11.5. The van der Waals surface area contributed by atoms with E-state index >= 15 is 0 Å². The minimum Gasteiger partial charge on any atom is -0.480 e. The summed E-state index contributed by atoms with van der Waals surface area (Å²) in [5.41, 5.74) is 2.36. The smallest absolute Gasteiger partial charge is 0.293 e. The highest BCUT2D eigenvalue weighted by Crippen LogP contribution is 2.32. The Labute approximate surface area is 197 Å². The first-order valence-electron chi connectivity index (χ1n) is 11.1.